The van der Waals surface area contributed by atoms with Gasteiger partial charge in [-0.2, -0.15) is 0 Å². The molecule has 0 amide bonds. The van der Waals surface area contributed by atoms with Crippen molar-refractivity contribution in [2.24, 2.45) is 16.8 Å². The van der Waals surface area contributed by atoms with E-state index >= 15 is 0 Å². The van der Waals surface area contributed by atoms with Crippen molar-refractivity contribution in [3.05, 3.63) is 0 Å². The molecule has 0 aromatic heterocycles. The zero-order chi connectivity index (χ0) is 16.2. The van der Waals surface area contributed by atoms with E-state index in [2.05, 4.69) is 36.4 Å². The molecule has 5 nitrogen and oxygen atoms in total. The third kappa shape index (κ3) is 12.0. The maximum atomic E-state index is 5.70. The van der Waals surface area contributed by atoms with Gasteiger partial charge in [-0.15, -0.1) is 24.0 Å². The molecule has 0 radical (unpaired) electrons. The summed E-state index contributed by atoms with van der Waals surface area (Å²) in [4.78, 5) is 4.27. The van der Waals surface area contributed by atoms with E-state index in [9.17, 15) is 0 Å². The highest BCUT2D eigenvalue weighted by Gasteiger charge is 2.15. The summed E-state index contributed by atoms with van der Waals surface area (Å²) in [6, 6.07) is 0.451. The van der Waals surface area contributed by atoms with Crippen LogP contribution < -0.4 is 10.6 Å². The van der Waals surface area contributed by atoms with E-state index in [4.69, 9.17) is 9.47 Å². The lowest BCUT2D eigenvalue weighted by Gasteiger charge is -2.18. The number of hydrogen-bond donors (Lipinski definition) is 2. The van der Waals surface area contributed by atoms with Crippen LogP contribution in [-0.4, -0.2) is 52.0 Å². The van der Waals surface area contributed by atoms with E-state index in [1.807, 2.05) is 7.05 Å². The van der Waals surface area contributed by atoms with E-state index in [0.29, 0.717) is 12.0 Å². The Labute approximate surface area is 159 Å². The number of rotatable bonds is 10. The summed E-state index contributed by atoms with van der Waals surface area (Å²) in [6.45, 7) is 11.0. The first-order valence-corrected chi connectivity index (χ1v) is 8.74. The zero-order valence-electron chi connectivity index (χ0n) is 15.3. The Bertz CT molecular complexity index is 308. The smallest absolute Gasteiger partial charge is 0.191 e. The lowest BCUT2D eigenvalue weighted by molar-refractivity contribution is 0.0888. The van der Waals surface area contributed by atoms with E-state index in [0.717, 1.165) is 57.7 Å². The molecule has 0 bridgehead atoms. The average molecular weight is 441 g/mol. The van der Waals surface area contributed by atoms with Crippen LogP contribution in [0.25, 0.3) is 0 Å². The van der Waals surface area contributed by atoms with Crippen LogP contribution >= 0.6 is 24.0 Å². The first-order valence-electron chi connectivity index (χ1n) is 8.74. The van der Waals surface area contributed by atoms with Gasteiger partial charge in [0.2, 0.25) is 0 Å². The van der Waals surface area contributed by atoms with Crippen LogP contribution in [0.3, 0.4) is 0 Å². The summed E-state index contributed by atoms with van der Waals surface area (Å²) < 4.78 is 11.0. The Kier molecular flexibility index (Phi) is 14.2. The first-order chi connectivity index (χ1) is 10.6. The molecule has 1 aliphatic heterocycles. The quantitative estimate of drug-likeness (QED) is 0.237. The minimum atomic E-state index is 0. The van der Waals surface area contributed by atoms with Crippen molar-refractivity contribution >= 4 is 29.9 Å². The molecule has 2 unspecified atom stereocenters. The van der Waals surface area contributed by atoms with Gasteiger partial charge in [0, 0.05) is 38.8 Å². The Hall–Kier alpha value is -0.0800. The highest BCUT2D eigenvalue weighted by Crippen LogP contribution is 2.12. The second kappa shape index (κ2) is 14.3. The monoisotopic (exact) mass is 441 g/mol. The number of aliphatic imine (C=N–C) groups is 1. The van der Waals surface area contributed by atoms with Crippen molar-refractivity contribution in [2.75, 3.05) is 40.0 Å². The van der Waals surface area contributed by atoms with Crippen molar-refractivity contribution in [1.29, 1.82) is 0 Å². The predicted octanol–water partition coefficient (Wildman–Crippen LogP) is 3.04. The molecule has 0 aromatic carbocycles. The molecular formula is C17H36IN3O2. The molecule has 2 N–H and O–H groups in total. The molecule has 1 heterocycles. The van der Waals surface area contributed by atoms with Gasteiger partial charge in [-0.25, -0.2) is 0 Å². The number of nitrogens with zero attached hydrogens (tertiary/aromatic N) is 1. The number of halogens is 1. The van der Waals surface area contributed by atoms with Gasteiger partial charge in [0.05, 0.1) is 13.2 Å². The van der Waals surface area contributed by atoms with Gasteiger partial charge in [0.1, 0.15) is 0 Å². The lowest BCUT2D eigenvalue weighted by atomic mass is 10.0. The summed E-state index contributed by atoms with van der Waals surface area (Å²) in [6.07, 6.45) is 4.55. The first kappa shape index (κ1) is 22.9. The van der Waals surface area contributed by atoms with Crippen molar-refractivity contribution in [2.45, 2.75) is 52.5 Å². The van der Waals surface area contributed by atoms with Gasteiger partial charge in [0.25, 0.3) is 0 Å². The molecule has 0 spiro atoms. The largest absolute Gasteiger partial charge is 0.381 e. The SMILES string of the molecule is CN=C(NCCCOCC1CCOC1)NC(C)CCC(C)C.I. The molecule has 1 aliphatic rings. The highest BCUT2D eigenvalue weighted by molar-refractivity contribution is 14.0. The van der Waals surface area contributed by atoms with Gasteiger partial charge < -0.3 is 20.1 Å². The maximum absolute atomic E-state index is 5.70. The number of nitrogens with one attached hydrogen (secondary N) is 2. The summed E-state index contributed by atoms with van der Waals surface area (Å²) in [5.74, 6) is 2.24. The molecule has 2 atom stereocenters. The molecule has 0 saturated carbocycles. The lowest BCUT2D eigenvalue weighted by Crippen LogP contribution is -2.42. The van der Waals surface area contributed by atoms with Crippen LogP contribution in [0.1, 0.15) is 46.5 Å². The third-order valence-electron chi connectivity index (χ3n) is 3.92. The molecule has 1 saturated heterocycles. The fraction of sp³-hybridized carbons (Fsp3) is 0.941. The third-order valence-corrected chi connectivity index (χ3v) is 3.92. The molecule has 0 aliphatic carbocycles. The Balaban J connectivity index is 0.00000484. The van der Waals surface area contributed by atoms with Crippen LogP contribution in [-0.2, 0) is 9.47 Å². The fourth-order valence-electron chi connectivity index (χ4n) is 2.43. The van der Waals surface area contributed by atoms with Gasteiger partial charge >= 0.3 is 0 Å². The Morgan fingerprint density at radius 2 is 2.09 bits per heavy atom. The Morgan fingerprint density at radius 3 is 2.70 bits per heavy atom. The molecule has 138 valence electrons. The van der Waals surface area contributed by atoms with Crippen LogP contribution in [0.4, 0.5) is 0 Å². The van der Waals surface area contributed by atoms with Crippen LogP contribution in [0.5, 0.6) is 0 Å². The van der Waals surface area contributed by atoms with E-state index < -0.39 is 0 Å². The second-order valence-electron chi connectivity index (χ2n) is 6.67. The Morgan fingerprint density at radius 1 is 1.30 bits per heavy atom. The summed E-state index contributed by atoms with van der Waals surface area (Å²) in [5, 5.41) is 6.79. The highest BCUT2D eigenvalue weighted by atomic mass is 127. The number of ether oxygens (including phenoxy) is 2. The molecule has 1 fully saturated rings. The molecular weight excluding hydrogens is 405 g/mol. The van der Waals surface area contributed by atoms with Crippen molar-refractivity contribution in [3.8, 4) is 0 Å². The maximum Gasteiger partial charge on any atom is 0.191 e. The van der Waals surface area contributed by atoms with Gasteiger partial charge in [-0.3, -0.25) is 4.99 Å². The van der Waals surface area contributed by atoms with E-state index in [-0.39, 0.29) is 24.0 Å². The number of hydrogen-bond acceptors (Lipinski definition) is 3. The fourth-order valence-corrected chi connectivity index (χ4v) is 2.43. The van der Waals surface area contributed by atoms with E-state index in [1.165, 1.54) is 12.8 Å². The molecule has 6 heteroatoms. The summed E-state index contributed by atoms with van der Waals surface area (Å²) in [5.41, 5.74) is 0. The minimum absolute atomic E-state index is 0. The molecule has 23 heavy (non-hydrogen) atoms. The standard InChI is InChI=1S/C17H35N3O2.HI/c1-14(2)6-7-15(3)20-17(18-4)19-9-5-10-21-12-16-8-11-22-13-16;/h14-16H,5-13H2,1-4H3,(H2,18,19,20);1H. The van der Waals surface area contributed by atoms with Crippen molar-refractivity contribution in [1.82, 2.24) is 10.6 Å². The predicted molar refractivity (Wildman–Crippen MR) is 108 cm³/mol. The van der Waals surface area contributed by atoms with Gasteiger partial charge in [-0.05, 0) is 38.5 Å². The van der Waals surface area contributed by atoms with Crippen molar-refractivity contribution in [3.63, 3.8) is 0 Å². The molecule has 0 aromatic rings. The second-order valence-corrected chi connectivity index (χ2v) is 6.67. The zero-order valence-corrected chi connectivity index (χ0v) is 17.6. The van der Waals surface area contributed by atoms with Crippen LogP contribution in [0.15, 0.2) is 4.99 Å². The molecule has 1 rings (SSSR count). The van der Waals surface area contributed by atoms with Crippen LogP contribution in [0, 0.1) is 11.8 Å². The summed E-state index contributed by atoms with van der Waals surface area (Å²) in [7, 11) is 1.82. The minimum Gasteiger partial charge on any atom is -0.381 e. The topological polar surface area (TPSA) is 54.9 Å². The van der Waals surface area contributed by atoms with E-state index in [1.54, 1.807) is 0 Å². The summed E-state index contributed by atoms with van der Waals surface area (Å²) >= 11 is 0. The van der Waals surface area contributed by atoms with Gasteiger partial charge in [0.15, 0.2) is 5.96 Å². The van der Waals surface area contributed by atoms with Crippen molar-refractivity contribution < 1.29 is 9.47 Å². The van der Waals surface area contributed by atoms with Crippen LogP contribution in [0.2, 0.25) is 0 Å². The average Bonchev–Trinajstić information content (AvgIpc) is 3.00. The number of guanidine groups is 1. The normalized spacial score (nSPS) is 19.5. The van der Waals surface area contributed by atoms with Gasteiger partial charge in [-0.1, -0.05) is 13.8 Å².